The smallest absolute Gasteiger partial charge is 0.407 e. The minimum absolute atomic E-state index is 0. The monoisotopic (exact) mass is 1160 g/mol. The molecule has 0 spiro atoms. The van der Waals surface area contributed by atoms with E-state index in [1.807, 2.05) is 22.2 Å². The number of carbonyl (C=O) groups excluding carboxylic acids is 4. The highest BCUT2D eigenvalue weighted by Crippen LogP contribution is 2.48. The summed E-state index contributed by atoms with van der Waals surface area (Å²) in [5.41, 5.74) is 6.40. The lowest BCUT2D eigenvalue weighted by molar-refractivity contribution is -0.137. The molecule has 4 aromatic heterocycles. The second-order valence-corrected chi connectivity index (χ2v) is 21.0. The van der Waals surface area contributed by atoms with Crippen LogP contribution in [0.3, 0.4) is 0 Å². The number of H-pyrrole nitrogens is 2. The second kappa shape index (κ2) is 25.1. The van der Waals surface area contributed by atoms with E-state index in [0.29, 0.717) is 76.8 Å². The van der Waals surface area contributed by atoms with Crippen LogP contribution < -0.4 is 15.4 Å². The predicted octanol–water partition coefficient (Wildman–Crippen LogP) is 9.32. The first kappa shape index (κ1) is 58.3. The molecule has 23 heteroatoms. The molecule has 78 heavy (non-hydrogen) atoms. The number of ether oxygens (including phenoxy) is 5. The van der Waals surface area contributed by atoms with Gasteiger partial charge in [0, 0.05) is 66.3 Å². The van der Waals surface area contributed by atoms with Crippen LogP contribution in [0.4, 0.5) is 9.59 Å². The van der Waals surface area contributed by atoms with Crippen LogP contribution in [-0.2, 0) is 28.5 Å². The van der Waals surface area contributed by atoms with Crippen LogP contribution >= 0.6 is 65.3 Å². The lowest BCUT2D eigenvalue weighted by Crippen LogP contribution is -2.53. The average molecular weight is 1160 g/mol. The Kier molecular flexibility index (Phi) is 18.8. The van der Waals surface area contributed by atoms with Crippen molar-refractivity contribution in [2.75, 3.05) is 53.7 Å². The van der Waals surface area contributed by atoms with Gasteiger partial charge < -0.3 is 54.1 Å². The quantitative estimate of drug-likeness (QED) is 0.0960. The molecule has 4 N–H and O–H groups in total. The fraction of sp³-hybridized carbons (Fsp3) is 0.418. The molecule has 0 saturated carbocycles. The molecule has 4 fully saturated rings. The van der Waals surface area contributed by atoms with Gasteiger partial charge in [0.1, 0.15) is 29.5 Å². The van der Waals surface area contributed by atoms with Crippen LogP contribution in [0.25, 0.3) is 54.9 Å². The summed E-state index contributed by atoms with van der Waals surface area (Å²) in [5.74, 6) is 1.76. The van der Waals surface area contributed by atoms with Crippen LogP contribution in [0, 0.1) is 11.8 Å². The first-order valence-corrected chi connectivity index (χ1v) is 26.5. The number of hydrogen-bond donors (Lipinski definition) is 4. The maximum absolute atomic E-state index is 14.3. The highest BCUT2D eigenvalue weighted by molar-refractivity contribution is 7.59. The summed E-state index contributed by atoms with van der Waals surface area (Å²) in [6.45, 7) is 3.31. The Morgan fingerprint density at radius 2 is 1.31 bits per heavy atom. The highest BCUT2D eigenvalue weighted by Gasteiger charge is 2.42. The number of nitrogens with zero attached hydrogens (tertiary/aromatic N) is 5. The van der Waals surface area contributed by atoms with E-state index >= 15 is 0 Å². The topological polar surface area (TPSA) is 207 Å². The van der Waals surface area contributed by atoms with E-state index in [2.05, 4.69) is 98.0 Å². The Balaban J connectivity index is 0.00000201. The van der Waals surface area contributed by atoms with E-state index in [1.165, 1.54) is 18.9 Å². The molecule has 0 radical (unpaired) electrons. The summed E-state index contributed by atoms with van der Waals surface area (Å²) < 4.78 is 31.6. The Hall–Kier alpha value is -5.82. The summed E-state index contributed by atoms with van der Waals surface area (Å²) in [6.07, 6.45) is 7.80. The van der Waals surface area contributed by atoms with Gasteiger partial charge in [-0.25, -0.2) is 19.6 Å². The number of nitrogens with one attached hydrogen (secondary N) is 4. The van der Waals surface area contributed by atoms with Gasteiger partial charge in [0.05, 0.1) is 66.2 Å². The zero-order valence-electron chi connectivity index (χ0n) is 43.3. The highest BCUT2D eigenvalue weighted by atomic mass is 32.1. The molecule has 7 aromatic rings. The molecule has 416 valence electrons. The number of likely N-dealkylation sites (tertiary alicyclic amines) is 2. The molecule has 0 bridgehead atoms. The van der Waals surface area contributed by atoms with Crippen molar-refractivity contribution in [2.45, 2.75) is 81.8 Å². The number of imidazole rings is 2. The third-order valence-corrected chi connectivity index (χ3v) is 16.9. The number of fused-ring (bicyclic) bond motifs is 6. The SMILES string of the molecule is COC(=O)N[C@H](C(=O)N1CCC[C@H]1c1cnc(-c2ccc3c(c2)cc2n3C(c3cc4ccccc4s3)Oc3cc(-c4cnc([C@@H]5CCCN5C(=O)[C@@H](NC(=O)OC)C5CCOCC5)[nH]4)ccc3-2)[nH]1)C1CCOCC1.S.S.S.S. The van der Waals surface area contributed by atoms with Crippen molar-refractivity contribution in [3.05, 3.63) is 102 Å². The molecule has 18 nitrogen and oxygen atoms in total. The van der Waals surface area contributed by atoms with E-state index in [-0.39, 0.29) is 89.7 Å². The van der Waals surface area contributed by atoms with Crippen LogP contribution in [0.5, 0.6) is 5.75 Å². The number of benzene rings is 3. The first-order chi connectivity index (χ1) is 36.2. The molecule has 5 atom stereocenters. The van der Waals surface area contributed by atoms with Gasteiger partial charge in [-0.05, 0) is 117 Å². The number of hydrogen-bond acceptors (Lipinski definition) is 12. The summed E-state index contributed by atoms with van der Waals surface area (Å²) >= 11 is 1.71. The number of aromatic nitrogens is 5. The first-order valence-electron chi connectivity index (χ1n) is 25.7. The van der Waals surface area contributed by atoms with Gasteiger partial charge in [-0.1, -0.05) is 24.3 Å². The summed E-state index contributed by atoms with van der Waals surface area (Å²) in [4.78, 5) is 75.1. The zero-order valence-corrected chi connectivity index (χ0v) is 48.2. The normalized spacial score (nSPS) is 19.9. The van der Waals surface area contributed by atoms with Crippen molar-refractivity contribution < 1.29 is 42.9 Å². The number of carbonyl (C=O) groups is 4. The van der Waals surface area contributed by atoms with E-state index in [1.54, 1.807) is 11.3 Å². The Bertz CT molecular complexity index is 3230. The number of aromatic amines is 2. The van der Waals surface area contributed by atoms with Gasteiger partial charge in [-0.15, -0.1) is 11.3 Å². The maximum atomic E-state index is 14.3. The minimum atomic E-state index is -0.722. The van der Waals surface area contributed by atoms with Crippen LogP contribution in [0.15, 0.2) is 85.2 Å². The van der Waals surface area contributed by atoms with E-state index in [9.17, 15) is 19.2 Å². The number of amides is 4. The van der Waals surface area contributed by atoms with Gasteiger partial charge in [0.15, 0.2) is 0 Å². The van der Waals surface area contributed by atoms with Crippen molar-refractivity contribution in [2.24, 2.45) is 11.8 Å². The largest absolute Gasteiger partial charge is 0.464 e. The van der Waals surface area contributed by atoms with Crippen molar-refractivity contribution in [3.63, 3.8) is 0 Å². The molecule has 4 saturated heterocycles. The van der Waals surface area contributed by atoms with Crippen LogP contribution in [-0.4, -0.2) is 124 Å². The fourth-order valence-electron chi connectivity index (χ4n) is 11.9. The van der Waals surface area contributed by atoms with Gasteiger partial charge in [0.2, 0.25) is 18.0 Å². The molecular weight excluding hydrogens is 1090 g/mol. The van der Waals surface area contributed by atoms with E-state index in [0.717, 1.165) is 86.4 Å². The van der Waals surface area contributed by atoms with Gasteiger partial charge in [0.25, 0.3) is 0 Å². The lowest BCUT2D eigenvalue weighted by Gasteiger charge is -2.34. The standard InChI is InChI=1S/C55H59N9O9S.4H2S/c1-69-54(67)60-47(31-15-21-71-22-16-31)51(65)62-19-5-8-41(62)39-30-56-49(59-39)35-12-14-40-36(25-35)26-43-37-13-11-33(27-44(37)73-53(64(40)43)46-28-34-7-3-4-10-45(34)74-46)38-29-57-50(58-38)42-9-6-20-63(42)52(66)48(61-55(68)70-2)32-17-23-72-24-18-32;;;;/h3-4,7,10-14,25-32,41-42,47-48,53H,5-6,8-9,15-24H2,1-2H3,(H,56,59)(H,57,58)(H,60,67)(H,61,68);4*1H2/t41-,42-,47-,48-,53?;;;;/m0..../s1. The molecule has 9 heterocycles. The van der Waals surface area contributed by atoms with Gasteiger partial charge >= 0.3 is 12.2 Å². The molecule has 0 aliphatic carbocycles. The maximum Gasteiger partial charge on any atom is 0.407 e. The van der Waals surface area contributed by atoms with E-state index < -0.39 is 30.5 Å². The Labute approximate surface area is 483 Å². The predicted molar refractivity (Wildman–Crippen MR) is 318 cm³/mol. The molecule has 12 rings (SSSR count). The summed E-state index contributed by atoms with van der Waals surface area (Å²) in [7, 11) is 2.62. The number of thiophene rings is 1. The molecule has 5 aliphatic heterocycles. The molecule has 5 aliphatic rings. The average Bonchev–Trinajstić information content (AvgIpc) is 4.34. The number of alkyl carbamates (subject to hydrolysis) is 2. The molecule has 1 unspecified atom stereocenters. The van der Waals surface area contributed by atoms with Crippen LogP contribution in [0.1, 0.15) is 86.1 Å². The van der Waals surface area contributed by atoms with Crippen molar-refractivity contribution in [1.29, 1.82) is 0 Å². The third kappa shape index (κ3) is 11.2. The minimum Gasteiger partial charge on any atom is -0.464 e. The fourth-order valence-corrected chi connectivity index (χ4v) is 13.0. The van der Waals surface area contributed by atoms with Gasteiger partial charge in [-0.2, -0.15) is 54.0 Å². The Morgan fingerprint density at radius 3 is 1.96 bits per heavy atom. The van der Waals surface area contributed by atoms with Gasteiger partial charge in [-0.3, -0.25) is 14.2 Å². The number of methoxy groups -OCH3 is 2. The summed E-state index contributed by atoms with van der Waals surface area (Å²) in [6, 6.07) is 23.5. The second-order valence-electron chi connectivity index (χ2n) is 19.9. The van der Waals surface area contributed by atoms with E-state index in [4.69, 9.17) is 33.7 Å². The van der Waals surface area contributed by atoms with Crippen molar-refractivity contribution in [1.82, 2.24) is 44.9 Å². The molecule has 3 aromatic carbocycles. The molecule has 4 amide bonds. The Morgan fingerprint density at radius 1 is 0.679 bits per heavy atom. The lowest BCUT2D eigenvalue weighted by atomic mass is 9.90. The molecular formula is C55H67N9O9S5. The van der Waals surface area contributed by atoms with Crippen molar-refractivity contribution >= 4 is 110 Å². The summed E-state index contributed by atoms with van der Waals surface area (Å²) in [5, 5.41) is 7.85. The van der Waals surface area contributed by atoms with Crippen LogP contribution in [0.2, 0.25) is 0 Å². The zero-order chi connectivity index (χ0) is 50.5. The van der Waals surface area contributed by atoms with Crippen molar-refractivity contribution in [3.8, 4) is 39.7 Å². The number of rotatable bonds is 11. The third-order valence-electron chi connectivity index (χ3n) is 15.7.